The highest BCUT2D eigenvalue weighted by Gasteiger charge is 2.38. The lowest BCUT2D eigenvalue weighted by molar-refractivity contribution is -0.158. The molecule has 10 nitrogen and oxygen atoms in total. The summed E-state index contributed by atoms with van der Waals surface area (Å²) >= 11 is 0. The van der Waals surface area contributed by atoms with E-state index in [1.807, 2.05) is 71.2 Å². The highest BCUT2D eigenvalue weighted by atomic mass is 16.5. The van der Waals surface area contributed by atoms with Gasteiger partial charge in [-0.3, -0.25) is 24.2 Å². The lowest BCUT2D eigenvalue weighted by Crippen LogP contribution is -2.57. The van der Waals surface area contributed by atoms with Crippen molar-refractivity contribution >= 4 is 23.7 Å². The van der Waals surface area contributed by atoms with Gasteiger partial charge in [0.25, 0.3) is 0 Å². The van der Waals surface area contributed by atoms with Gasteiger partial charge in [-0.1, -0.05) is 84.4 Å². The topological polar surface area (TPSA) is 102 Å². The van der Waals surface area contributed by atoms with E-state index in [1.54, 1.807) is 23.8 Å². The first-order valence-corrected chi connectivity index (χ1v) is 18.0. The second-order valence-corrected chi connectivity index (χ2v) is 14.2. The summed E-state index contributed by atoms with van der Waals surface area (Å²) in [5.74, 6) is -1.03. The maximum atomic E-state index is 13.9. The van der Waals surface area contributed by atoms with Crippen LogP contribution in [0.1, 0.15) is 92.2 Å². The highest BCUT2D eigenvalue weighted by Crippen LogP contribution is 2.26. The van der Waals surface area contributed by atoms with E-state index in [2.05, 4.69) is 29.0 Å². The number of hydrogen-bond donors (Lipinski definition) is 1. The Kier molecular flexibility index (Phi) is 15.1. The molecule has 10 heteroatoms. The second-order valence-electron chi connectivity index (χ2n) is 14.2. The van der Waals surface area contributed by atoms with Crippen molar-refractivity contribution in [2.75, 3.05) is 46.8 Å². The van der Waals surface area contributed by atoms with Crippen LogP contribution in [0.25, 0.3) is 0 Å². The largest absolute Gasteiger partial charge is 0.455 e. The number of carbonyl (C=O) groups is 4. The van der Waals surface area contributed by atoms with E-state index in [0.717, 1.165) is 44.5 Å². The highest BCUT2D eigenvalue weighted by molar-refractivity contribution is 5.96. The molecule has 1 N–H and O–H groups in total. The van der Waals surface area contributed by atoms with Crippen molar-refractivity contribution in [3.63, 3.8) is 0 Å². The van der Waals surface area contributed by atoms with Gasteiger partial charge >= 0.3 is 5.97 Å². The number of carbonyl (C=O) groups excluding carboxylic acids is 4. The molecular formula is C38H61N5O5. The van der Waals surface area contributed by atoms with Crippen molar-refractivity contribution in [3.8, 4) is 0 Å². The third-order valence-corrected chi connectivity index (χ3v) is 10.1. The summed E-state index contributed by atoms with van der Waals surface area (Å²) in [5, 5.41) is 3.05. The zero-order valence-electron chi connectivity index (χ0n) is 30.9. The van der Waals surface area contributed by atoms with Crippen LogP contribution >= 0.6 is 0 Å². The lowest BCUT2D eigenvalue weighted by Gasteiger charge is -2.36. The molecule has 2 saturated heterocycles. The molecule has 3 amide bonds. The van der Waals surface area contributed by atoms with Crippen LogP contribution in [0.3, 0.4) is 0 Å². The Morgan fingerprint density at radius 2 is 1.58 bits per heavy atom. The molecule has 0 saturated carbocycles. The second kappa shape index (κ2) is 18.5. The fraction of sp³-hybridized carbons (Fsp3) is 0.684. The number of ether oxygens (including phenoxy) is 1. The first-order valence-electron chi connectivity index (χ1n) is 18.0. The maximum absolute atomic E-state index is 13.9. The van der Waals surface area contributed by atoms with Crippen molar-refractivity contribution in [1.82, 2.24) is 24.9 Å². The molecule has 0 spiro atoms. The lowest BCUT2D eigenvalue weighted by atomic mass is 9.96. The number of esters is 1. The molecule has 2 aliphatic rings. The maximum Gasteiger partial charge on any atom is 0.329 e. The number of amides is 3. The van der Waals surface area contributed by atoms with Crippen molar-refractivity contribution < 1.29 is 23.9 Å². The van der Waals surface area contributed by atoms with Gasteiger partial charge in [-0.25, -0.2) is 4.79 Å². The fourth-order valence-corrected chi connectivity index (χ4v) is 6.91. The first-order chi connectivity index (χ1) is 22.8. The van der Waals surface area contributed by atoms with E-state index >= 15 is 0 Å². The van der Waals surface area contributed by atoms with Crippen LogP contribution in [0.4, 0.5) is 0 Å². The average Bonchev–Trinajstić information content (AvgIpc) is 3.57. The van der Waals surface area contributed by atoms with Crippen LogP contribution in [0.2, 0.25) is 0 Å². The van der Waals surface area contributed by atoms with Gasteiger partial charge in [0.05, 0.1) is 12.1 Å². The molecule has 2 unspecified atom stereocenters. The van der Waals surface area contributed by atoms with Gasteiger partial charge in [-0.15, -0.1) is 0 Å². The third-order valence-electron chi connectivity index (χ3n) is 10.1. The summed E-state index contributed by atoms with van der Waals surface area (Å²) in [7, 11) is 3.70. The number of hydrogen-bond acceptors (Lipinski definition) is 7. The molecule has 1 aromatic carbocycles. The van der Waals surface area contributed by atoms with Gasteiger partial charge in [0.1, 0.15) is 18.2 Å². The predicted octanol–water partition coefficient (Wildman–Crippen LogP) is 4.66. The van der Waals surface area contributed by atoms with Crippen molar-refractivity contribution in [2.45, 2.75) is 111 Å². The molecule has 0 bridgehead atoms. The minimum absolute atomic E-state index is 0.000685. The van der Waals surface area contributed by atoms with E-state index in [-0.39, 0.29) is 47.6 Å². The van der Waals surface area contributed by atoms with Crippen LogP contribution in [-0.4, -0.2) is 114 Å². The predicted molar refractivity (Wildman–Crippen MR) is 190 cm³/mol. The Hall–Kier alpha value is -3.24. The molecule has 5 atom stereocenters. The fourth-order valence-electron chi connectivity index (χ4n) is 6.91. The molecule has 2 aliphatic heterocycles. The monoisotopic (exact) mass is 667 g/mol. The van der Waals surface area contributed by atoms with Crippen LogP contribution < -0.4 is 5.32 Å². The summed E-state index contributed by atoms with van der Waals surface area (Å²) in [4.78, 5) is 62.3. The SMILES string of the molecule is CCN(CC)CC(OC(=O)[C@@H]1CCCN1C(=O)/C(C)=C/[C@H](C(C)C)N(C)C(=O)C(NC(=O)[C@H]1CCCCN1C)C(C)C)c1ccccc1. The molecule has 48 heavy (non-hydrogen) atoms. The number of likely N-dealkylation sites (tertiary alicyclic amines) is 2. The molecule has 2 heterocycles. The Bertz CT molecular complexity index is 1250. The number of nitrogens with one attached hydrogen (secondary N) is 1. The number of piperidine rings is 1. The smallest absolute Gasteiger partial charge is 0.329 e. The molecule has 268 valence electrons. The van der Waals surface area contributed by atoms with Gasteiger partial charge in [-0.2, -0.15) is 0 Å². The molecule has 1 aromatic rings. The first kappa shape index (κ1) is 39.2. The third kappa shape index (κ3) is 10.1. The van der Waals surface area contributed by atoms with Crippen LogP contribution in [-0.2, 0) is 23.9 Å². The van der Waals surface area contributed by atoms with Gasteiger partial charge in [0, 0.05) is 25.7 Å². The van der Waals surface area contributed by atoms with Gasteiger partial charge in [-0.05, 0) is 76.7 Å². The number of nitrogens with zero attached hydrogens (tertiary/aromatic N) is 4. The molecule has 3 rings (SSSR count). The molecule has 2 fully saturated rings. The zero-order valence-corrected chi connectivity index (χ0v) is 30.9. The van der Waals surface area contributed by atoms with E-state index < -0.39 is 18.2 Å². The van der Waals surface area contributed by atoms with E-state index in [0.29, 0.717) is 31.5 Å². The zero-order chi connectivity index (χ0) is 35.5. The number of likely N-dealkylation sites (N-methyl/N-ethyl adjacent to an activating group) is 3. The van der Waals surface area contributed by atoms with Crippen molar-refractivity contribution in [3.05, 3.63) is 47.5 Å². The number of benzene rings is 1. The average molecular weight is 668 g/mol. The molecule has 0 radical (unpaired) electrons. The van der Waals surface area contributed by atoms with Crippen LogP contribution in [0, 0.1) is 11.8 Å². The van der Waals surface area contributed by atoms with Gasteiger partial charge in [0.2, 0.25) is 17.7 Å². The standard InChI is InChI=1S/C38H61N5O5/c1-10-42(11-2)25-33(29-18-13-12-14-19-29)48-38(47)31-21-17-23-43(31)36(45)28(7)24-32(26(3)4)41(9)37(46)34(27(5)6)39-35(44)30-20-15-16-22-40(30)8/h12-14,18-19,24,26-27,30-34H,10-11,15-17,20-23,25H2,1-9H3,(H,39,44)/b28-24+/t30-,31+,32-,33?,34?/m1/s1. The van der Waals surface area contributed by atoms with Crippen LogP contribution in [0.15, 0.2) is 42.0 Å². The Morgan fingerprint density at radius 3 is 2.17 bits per heavy atom. The van der Waals surface area contributed by atoms with E-state index in [1.165, 1.54) is 0 Å². The Balaban J connectivity index is 1.75. The Morgan fingerprint density at radius 1 is 0.938 bits per heavy atom. The summed E-state index contributed by atoms with van der Waals surface area (Å²) in [5.41, 5.74) is 1.41. The minimum Gasteiger partial charge on any atom is -0.455 e. The van der Waals surface area contributed by atoms with Crippen molar-refractivity contribution in [1.29, 1.82) is 0 Å². The molecule has 0 aromatic heterocycles. The summed E-state index contributed by atoms with van der Waals surface area (Å²) in [6.07, 6.45) is 5.50. The van der Waals surface area contributed by atoms with Crippen molar-refractivity contribution in [2.24, 2.45) is 11.8 Å². The van der Waals surface area contributed by atoms with Gasteiger partial charge in [0.15, 0.2) is 0 Å². The Labute approximate surface area is 289 Å². The van der Waals surface area contributed by atoms with Crippen LogP contribution in [0.5, 0.6) is 0 Å². The van der Waals surface area contributed by atoms with E-state index in [9.17, 15) is 19.2 Å². The molecular weight excluding hydrogens is 606 g/mol. The minimum atomic E-state index is -0.685. The summed E-state index contributed by atoms with van der Waals surface area (Å²) in [6, 6.07) is 7.79. The number of rotatable bonds is 15. The molecule has 0 aliphatic carbocycles. The van der Waals surface area contributed by atoms with Gasteiger partial charge < -0.3 is 19.9 Å². The van der Waals surface area contributed by atoms with E-state index in [4.69, 9.17) is 4.74 Å². The quantitative estimate of drug-likeness (QED) is 0.215. The summed E-state index contributed by atoms with van der Waals surface area (Å²) in [6.45, 7) is 17.4. The summed E-state index contributed by atoms with van der Waals surface area (Å²) < 4.78 is 6.15. The normalized spacial score (nSPS) is 20.9.